The van der Waals surface area contributed by atoms with Gasteiger partial charge in [-0.25, -0.2) is 9.97 Å². The van der Waals surface area contributed by atoms with Crippen LogP contribution in [0.1, 0.15) is 39.1 Å². The average molecular weight is 283 g/mol. The fourth-order valence-corrected chi connectivity index (χ4v) is 2.26. The second-order valence-corrected chi connectivity index (χ2v) is 6.32. The number of anilines is 1. The molecule has 110 valence electrons. The van der Waals surface area contributed by atoms with E-state index in [1.165, 1.54) is 0 Å². The Kier molecular flexibility index (Phi) is 4.45. The zero-order valence-corrected chi connectivity index (χ0v) is 13.1. The Hall–Kier alpha value is -2.11. The molecular formula is C16H21N5. The molecule has 0 fully saturated rings. The molecule has 1 aliphatic rings. The Balaban J connectivity index is 2.39. The smallest absolute Gasteiger partial charge is 0.234 e. The zero-order chi connectivity index (χ0) is 15.5. The Morgan fingerprint density at radius 3 is 2.86 bits per heavy atom. The molecule has 1 atom stereocenters. The largest absolute Gasteiger partial charge is 0.340 e. The lowest BCUT2D eigenvalue weighted by molar-refractivity contribution is 0.396. The second kappa shape index (κ2) is 6.11. The molecule has 0 aromatic carbocycles. The highest BCUT2D eigenvalue weighted by atomic mass is 15.2. The van der Waals surface area contributed by atoms with Crippen molar-refractivity contribution in [3.8, 4) is 17.9 Å². The number of hydrogen-bond acceptors (Lipinski definition) is 5. The molecule has 1 unspecified atom stereocenters. The van der Waals surface area contributed by atoms with E-state index in [9.17, 15) is 0 Å². The van der Waals surface area contributed by atoms with Gasteiger partial charge in [0.15, 0.2) is 0 Å². The molecule has 5 nitrogen and oxygen atoms in total. The summed E-state index contributed by atoms with van der Waals surface area (Å²) in [5, 5.41) is 12.4. The molecular weight excluding hydrogens is 262 g/mol. The van der Waals surface area contributed by atoms with E-state index < -0.39 is 0 Å². The summed E-state index contributed by atoms with van der Waals surface area (Å²) in [5.41, 5.74) is 0.907. The number of rotatable bonds is 4. The minimum Gasteiger partial charge on any atom is -0.340 e. The van der Waals surface area contributed by atoms with Crippen LogP contribution in [0, 0.1) is 28.6 Å². The van der Waals surface area contributed by atoms with Crippen LogP contribution in [0.4, 0.5) is 5.82 Å². The molecule has 2 heterocycles. The molecule has 0 aliphatic carbocycles. The molecule has 1 N–H and O–H groups in total. The molecule has 1 aromatic heterocycles. The van der Waals surface area contributed by atoms with Gasteiger partial charge < -0.3 is 10.2 Å². The first-order chi connectivity index (χ1) is 9.94. The number of likely N-dealkylation sites (N-methyl/N-ethyl adjacent to an activating group) is 1. The lowest BCUT2D eigenvalue weighted by Gasteiger charge is -2.37. The van der Waals surface area contributed by atoms with Crippen LogP contribution in [0.2, 0.25) is 0 Å². The van der Waals surface area contributed by atoms with Crippen LogP contribution in [-0.2, 0) is 0 Å². The van der Waals surface area contributed by atoms with E-state index >= 15 is 0 Å². The molecule has 1 aliphatic heterocycles. The van der Waals surface area contributed by atoms with Gasteiger partial charge in [-0.2, -0.15) is 5.26 Å². The van der Waals surface area contributed by atoms with Crippen LogP contribution < -0.4 is 10.2 Å². The topological polar surface area (TPSA) is 64.8 Å². The van der Waals surface area contributed by atoms with Crippen molar-refractivity contribution in [2.24, 2.45) is 5.41 Å². The zero-order valence-electron chi connectivity index (χ0n) is 13.1. The summed E-state index contributed by atoms with van der Waals surface area (Å²) < 4.78 is 0. The lowest BCUT2D eigenvalue weighted by atomic mass is 9.94. The maximum absolute atomic E-state index is 9.02. The summed E-state index contributed by atoms with van der Waals surface area (Å²) in [6.45, 7) is 11.1. The molecule has 5 heteroatoms. The summed E-state index contributed by atoms with van der Waals surface area (Å²) in [6.07, 6.45) is 1.65. The molecule has 0 spiro atoms. The van der Waals surface area contributed by atoms with E-state index in [1.54, 1.807) is 6.20 Å². The van der Waals surface area contributed by atoms with Crippen LogP contribution in [0.15, 0.2) is 6.20 Å². The van der Waals surface area contributed by atoms with Crippen molar-refractivity contribution in [3.63, 3.8) is 0 Å². The lowest BCUT2D eigenvalue weighted by Crippen LogP contribution is -2.47. The van der Waals surface area contributed by atoms with Crippen molar-refractivity contribution in [2.75, 3.05) is 24.5 Å². The molecule has 0 amide bonds. The highest BCUT2D eigenvalue weighted by Crippen LogP contribution is 2.27. The van der Waals surface area contributed by atoms with Gasteiger partial charge in [-0.1, -0.05) is 39.5 Å². The van der Waals surface area contributed by atoms with Gasteiger partial charge in [0.2, 0.25) is 5.82 Å². The van der Waals surface area contributed by atoms with E-state index in [0.29, 0.717) is 0 Å². The standard InChI is InChI=1S/C16H21N5/c1-5-18-10-13-7-6-12-9-19-14(8-17)20-15(12)21(13)11-16(2,3)4/h9,13,18H,5,10-11H2,1-4H3. The van der Waals surface area contributed by atoms with Gasteiger partial charge in [0.05, 0.1) is 5.56 Å². The number of hydrogen-bond donors (Lipinski definition) is 1. The van der Waals surface area contributed by atoms with Crippen molar-refractivity contribution in [1.29, 1.82) is 5.26 Å². The summed E-state index contributed by atoms with van der Waals surface area (Å²) in [5.74, 6) is 7.36. The third-order valence-electron chi connectivity index (χ3n) is 3.12. The summed E-state index contributed by atoms with van der Waals surface area (Å²) in [6, 6.07) is 2.07. The highest BCUT2D eigenvalue weighted by Gasteiger charge is 2.28. The van der Waals surface area contributed by atoms with E-state index in [4.69, 9.17) is 5.26 Å². The van der Waals surface area contributed by atoms with Crippen molar-refractivity contribution in [3.05, 3.63) is 17.6 Å². The Morgan fingerprint density at radius 1 is 1.48 bits per heavy atom. The number of nitrogens with one attached hydrogen (secondary N) is 1. The monoisotopic (exact) mass is 283 g/mol. The molecule has 0 radical (unpaired) electrons. The normalized spacial score (nSPS) is 16.7. The predicted octanol–water partition coefficient (Wildman–Crippen LogP) is 1.54. The van der Waals surface area contributed by atoms with Crippen LogP contribution in [0.3, 0.4) is 0 Å². The Labute approximate surface area is 126 Å². The first-order valence-corrected chi connectivity index (χ1v) is 7.20. The predicted molar refractivity (Wildman–Crippen MR) is 82.8 cm³/mol. The highest BCUT2D eigenvalue weighted by molar-refractivity contribution is 5.61. The third kappa shape index (κ3) is 3.71. The van der Waals surface area contributed by atoms with E-state index in [1.807, 2.05) is 6.07 Å². The van der Waals surface area contributed by atoms with Gasteiger partial charge in [-0.05, 0) is 12.0 Å². The number of nitriles is 1. The van der Waals surface area contributed by atoms with Gasteiger partial charge in [0, 0.05) is 19.3 Å². The maximum Gasteiger partial charge on any atom is 0.234 e. The van der Waals surface area contributed by atoms with E-state index in [2.05, 4.69) is 59.7 Å². The van der Waals surface area contributed by atoms with Crippen LogP contribution in [-0.4, -0.2) is 35.6 Å². The fraction of sp³-hybridized carbons (Fsp3) is 0.562. The summed E-state index contributed by atoms with van der Waals surface area (Å²) >= 11 is 0. The van der Waals surface area contributed by atoms with Gasteiger partial charge in [0.25, 0.3) is 0 Å². The maximum atomic E-state index is 9.02. The Bertz CT molecular complexity index is 612. The van der Waals surface area contributed by atoms with Crippen molar-refractivity contribution in [2.45, 2.75) is 33.7 Å². The molecule has 0 bridgehead atoms. The minimum absolute atomic E-state index is 0.0677. The van der Waals surface area contributed by atoms with Gasteiger partial charge in [0.1, 0.15) is 17.9 Å². The molecule has 2 rings (SSSR count). The number of fused-ring (bicyclic) bond motifs is 1. The van der Waals surface area contributed by atoms with Crippen LogP contribution in [0.5, 0.6) is 0 Å². The summed E-state index contributed by atoms with van der Waals surface area (Å²) in [4.78, 5) is 10.6. The van der Waals surface area contributed by atoms with Crippen molar-refractivity contribution < 1.29 is 0 Å². The molecule has 0 saturated heterocycles. The third-order valence-corrected chi connectivity index (χ3v) is 3.12. The van der Waals surface area contributed by atoms with Crippen molar-refractivity contribution >= 4 is 5.82 Å². The summed E-state index contributed by atoms with van der Waals surface area (Å²) in [7, 11) is 0. The first kappa shape index (κ1) is 15.3. The second-order valence-electron chi connectivity index (χ2n) is 6.32. The van der Waals surface area contributed by atoms with Gasteiger partial charge >= 0.3 is 0 Å². The number of nitrogens with zero attached hydrogens (tertiary/aromatic N) is 4. The SMILES string of the molecule is CCNCC1C#Cc2cnc(C#N)nc2N1CC(C)(C)C. The molecule has 0 saturated carbocycles. The number of aromatic nitrogens is 2. The molecule has 1 aromatic rings. The average Bonchev–Trinajstić information content (AvgIpc) is 2.44. The fourth-order valence-electron chi connectivity index (χ4n) is 2.26. The van der Waals surface area contributed by atoms with E-state index in [-0.39, 0.29) is 17.3 Å². The Morgan fingerprint density at radius 2 is 2.24 bits per heavy atom. The van der Waals surface area contributed by atoms with E-state index in [0.717, 1.165) is 31.0 Å². The molecule has 21 heavy (non-hydrogen) atoms. The van der Waals surface area contributed by atoms with Gasteiger partial charge in [-0.15, -0.1) is 0 Å². The first-order valence-electron chi connectivity index (χ1n) is 7.20. The van der Waals surface area contributed by atoms with Gasteiger partial charge in [-0.3, -0.25) is 0 Å². The minimum atomic E-state index is 0.0677. The quantitative estimate of drug-likeness (QED) is 0.849. The van der Waals surface area contributed by atoms with Crippen molar-refractivity contribution in [1.82, 2.24) is 15.3 Å². The van der Waals surface area contributed by atoms with Crippen LogP contribution >= 0.6 is 0 Å². The van der Waals surface area contributed by atoms with Crippen LogP contribution in [0.25, 0.3) is 0 Å².